The van der Waals surface area contributed by atoms with Crippen LogP contribution in [0.15, 0.2) is 54.7 Å². The summed E-state index contributed by atoms with van der Waals surface area (Å²) in [6.07, 6.45) is 2.07. The second-order valence-corrected chi connectivity index (χ2v) is 7.15. The fraction of sp³-hybridized carbons (Fsp3) is 0.267. The first-order valence-electron chi connectivity index (χ1n) is 6.61. The van der Waals surface area contributed by atoms with E-state index in [-0.39, 0.29) is 11.8 Å². The van der Waals surface area contributed by atoms with Gasteiger partial charge in [0.05, 0.1) is 11.8 Å². The maximum atomic E-state index is 12.2. The van der Waals surface area contributed by atoms with E-state index in [2.05, 4.69) is 25.6 Å². The average Bonchev–Trinajstić information content (AvgIpc) is 2.53. The highest BCUT2D eigenvalue weighted by Crippen LogP contribution is 2.16. The van der Waals surface area contributed by atoms with Crippen LogP contribution in [-0.2, 0) is 16.4 Å². The van der Waals surface area contributed by atoms with Crippen LogP contribution in [-0.4, -0.2) is 24.5 Å². The van der Waals surface area contributed by atoms with Gasteiger partial charge in [-0.2, -0.15) is 0 Å². The summed E-state index contributed by atoms with van der Waals surface area (Å²) < 4.78 is 27.1. The van der Waals surface area contributed by atoms with Crippen molar-refractivity contribution in [3.8, 4) is 0 Å². The minimum absolute atomic E-state index is 0.0281. The molecule has 1 aromatic carbocycles. The van der Waals surface area contributed by atoms with E-state index in [1.54, 1.807) is 6.20 Å². The molecule has 0 bridgehead atoms. The molecule has 0 fully saturated rings. The van der Waals surface area contributed by atoms with Crippen molar-refractivity contribution in [2.24, 2.45) is 0 Å². The number of nitrogens with one attached hydrogen (secondary N) is 1. The van der Waals surface area contributed by atoms with Gasteiger partial charge >= 0.3 is 0 Å². The van der Waals surface area contributed by atoms with Crippen LogP contribution in [0.25, 0.3) is 0 Å². The van der Waals surface area contributed by atoms with Crippen LogP contribution in [0.3, 0.4) is 0 Å². The highest BCUT2D eigenvalue weighted by Gasteiger charge is 2.18. The Labute approximate surface area is 133 Å². The molecular weight excluding hydrogens is 352 g/mol. The van der Waals surface area contributed by atoms with Crippen molar-refractivity contribution in [1.29, 1.82) is 0 Å². The summed E-state index contributed by atoms with van der Waals surface area (Å²) in [5.41, 5.74) is 1.72. The zero-order valence-electron chi connectivity index (χ0n) is 11.4. The number of pyridine rings is 1. The van der Waals surface area contributed by atoms with Gasteiger partial charge in [-0.05, 0) is 17.7 Å². The molecule has 0 spiro atoms. The van der Waals surface area contributed by atoms with Gasteiger partial charge in [-0.1, -0.05) is 52.3 Å². The molecule has 21 heavy (non-hydrogen) atoms. The van der Waals surface area contributed by atoms with E-state index >= 15 is 0 Å². The molecule has 112 valence electrons. The van der Waals surface area contributed by atoms with Gasteiger partial charge in [0.2, 0.25) is 10.0 Å². The third kappa shape index (κ3) is 5.22. The predicted octanol–water partition coefficient (Wildman–Crippen LogP) is 2.68. The Bertz CT molecular complexity index is 648. The average molecular weight is 369 g/mol. The van der Waals surface area contributed by atoms with Crippen molar-refractivity contribution < 1.29 is 8.42 Å². The first kappa shape index (κ1) is 16.1. The van der Waals surface area contributed by atoms with Gasteiger partial charge in [0.25, 0.3) is 0 Å². The zero-order valence-corrected chi connectivity index (χ0v) is 13.8. The van der Waals surface area contributed by atoms with Crippen LogP contribution in [0.1, 0.15) is 17.3 Å². The number of hydrogen-bond donors (Lipinski definition) is 1. The number of alkyl halides is 1. The van der Waals surface area contributed by atoms with E-state index in [9.17, 15) is 8.42 Å². The Morgan fingerprint density at radius 3 is 2.43 bits per heavy atom. The molecule has 0 aliphatic carbocycles. The van der Waals surface area contributed by atoms with Gasteiger partial charge in [0.1, 0.15) is 0 Å². The van der Waals surface area contributed by atoms with Crippen molar-refractivity contribution in [3.63, 3.8) is 0 Å². The monoisotopic (exact) mass is 368 g/mol. The lowest BCUT2D eigenvalue weighted by molar-refractivity contribution is 0.568. The highest BCUT2D eigenvalue weighted by molar-refractivity contribution is 9.09. The molecule has 2 aromatic rings. The fourth-order valence-electron chi connectivity index (χ4n) is 1.93. The molecule has 0 amide bonds. The SMILES string of the molecule is O=S(=O)(CCc1ccccn1)NC(CBr)c1ccccc1. The first-order valence-corrected chi connectivity index (χ1v) is 9.39. The maximum absolute atomic E-state index is 12.2. The summed E-state index contributed by atoms with van der Waals surface area (Å²) in [6.45, 7) is 0. The maximum Gasteiger partial charge on any atom is 0.212 e. The molecule has 1 heterocycles. The van der Waals surface area contributed by atoms with E-state index in [1.165, 1.54) is 0 Å². The third-order valence-corrected chi connectivity index (χ3v) is 5.06. The van der Waals surface area contributed by atoms with Gasteiger partial charge in [0.15, 0.2) is 0 Å². The van der Waals surface area contributed by atoms with Crippen LogP contribution < -0.4 is 4.72 Å². The molecule has 6 heteroatoms. The number of nitrogens with zero attached hydrogens (tertiary/aromatic N) is 1. The lowest BCUT2D eigenvalue weighted by atomic mass is 10.1. The molecule has 1 atom stereocenters. The number of aryl methyl sites for hydroxylation is 1. The van der Waals surface area contributed by atoms with Crippen molar-refractivity contribution in [2.45, 2.75) is 12.5 Å². The summed E-state index contributed by atoms with van der Waals surface area (Å²) in [6, 6.07) is 14.7. The van der Waals surface area contributed by atoms with Gasteiger partial charge in [-0.15, -0.1) is 0 Å². The third-order valence-electron chi connectivity index (χ3n) is 3.03. The number of hydrogen-bond acceptors (Lipinski definition) is 3. The Morgan fingerprint density at radius 1 is 1.10 bits per heavy atom. The minimum Gasteiger partial charge on any atom is -0.261 e. The zero-order chi connectivity index (χ0) is 15.1. The van der Waals surface area contributed by atoms with Gasteiger partial charge < -0.3 is 0 Å². The standard InChI is InChI=1S/C15H17BrN2O2S/c16-12-15(13-6-2-1-3-7-13)18-21(19,20)11-9-14-8-4-5-10-17-14/h1-8,10,15,18H,9,11-12H2. The molecule has 0 saturated carbocycles. The van der Waals surface area contributed by atoms with Crippen molar-refractivity contribution >= 4 is 26.0 Å². The first-order chi connectivity index (χ1) is 10.1. The molecule has 1 N–H and O–H groups in total. The minimum atomic E-state index is -3.36. The Balaban J connectivity index is 1.99. The number of sulfonamides is 1. The molecular formula is C15H17BrN2O2S. The number of halogens is 1. The van der Waals surface area contributed by atoms with E-state index < -0.39 is 10.0 Å². The summed E-state index contributed by atoms with van der Waals surface area (Å²) in [5.74, 6) is 0.0281. The molecule has 1 aromatic heterocycles. The van der Waals surface area contributed by atoms with Crippen molar-refractivity contribution in [3.05, 3.63) is 66.0 Å². The second-order valence-electron chi connectivity index (χ2n) is 4.63. The van der Waals surface area contributed by atoms with Crippen LogP contribution in [0.4, 0.5) is 0 Å². The van der Waals surface area contributed by atoms with E-state index in [4.69, 9.17) is 0 Å². The molecule has 2 rings (SSSR count). The summed E-state index contributed by atoms with van der Waals surface area (Å²) >= 11 is 3.36. The molecule has 0 aliphatic heterocycles. The summed E-state index contributed by atoms with van der Waals surface area (Å²) in [5, 5.41) is 0.528. The van der Waals surface area contributed by atoms with Crippen molar-refractivity contribution in [2.75, 3.05) is 11.1 Å². The quantitative estimate of drug-likeness (QED) is 0.764. The lowest BCUT2D eigenvalue weighted by Gasteiger charge is -2.16. The largest absolute Gasteiger partial charge is 0.261 e. The number of benzene rings is 1. The molecule has 1 unspecified atom stereocenters. The predicted molar refractivity (Wildman–Crippen MR) is 87.8 cm³/mol. The summed E-state index contributed by atoms with van der Waals surface area (Å²) in [7, 11) is -3.36. The molecule has 0 radical (unpaired) electrons. The van der Waals surface area contributed by atoms with Crippen LogP contribution in [0.5, 0.6) is 0 Å². The fourth-order valence-corrected chi connectivity index (χ4v) is 3.93. The Kier molecular flexibility index (Phi) is 5.90. The van der Waals surface area contributed by atoms with Gasteiger partial charge in [-0.3, -0.25) is 4.98 Å². The normalized spacial score (nSPS) is 13.0. The van der Waals surface area contributed by atoms with Crippen LogP contribution in [0, 0.1) is 0 Å². The van der Waals surface area contributed by atoms with Gasteiger partial charge in [-0.25, -0.2) is 13.1 Å². The topological polar surface area (TPSA) is 59.1 Å². The number of rotatable bonds is 7. The van der Waals surface area contributed by atoms with E-state index in [0.717, 1.165) is 11.3 Å². The smallest absolute Gasteiger partial charge is 0.212 e. The number of aromatic nitrogens is 1. The van der Waals surface area contributed by atoms with Crippen molar-refractivity contribution in [1.82, 2.24) is 9.71 Å². The Morgan fingerprint density at radius 2 is 1.81 bits per heavy atom. The Hall–Kier alpha value is -1.24. The highest BCUT2D eigenvalue weighted by atomic mass is 79.9. The van der Waals surface area contributed by atoms with Gasteiger partial charge in [0, 0.05) is 23.6 Å². The van der Waals surface area contributed by atoms with Crippen LogP contribution >= 0.6 is 15.9 Å². The molecule has 0 aliphatic rings. The van der Waals surface area contributed by atoms with Crippen LogP contribution in [0.2, 0.25) is 0 Å². The molecule has 4 nitrogen and oxygen atoms in total. The van der Waals surface area contributed by atoms with E-state index in [0.29, 0.717) is 11.8 Å². The molecule has 0 saturated heterocycles. The second kappa shape index (κ2) is 7.68. The summed E-state index contributed by atoms with van der Waals surface area (Å²) in [4.78, 5) is 4.14. The lowest BCUT2D eigenvalue weighted by Crippen LogP contribution is -2.32. The van der Waals surface area contributed by atoms with E-state index in [1.807, 2.05) is 48.5 Å².